The highest BCUT2D eigenvalue weighted by Gasteiger charge is 2.23. The number of hydrogen-bond acceptors (Lipinski definition) is 6. The Bertz CT molecular complexity index is 3390. The molecule has 0 saturated heterocycles. The van der Waals surface area contributed by atoms with Crippen molar-refractivity contribution in [1.29, 1.82) is 0 Å². The lowest BCUT2D eigenvalue weighted by atomic mass is 9.87. The van der Waals surface area contributed by atoms with E-state index in [0.717, 1.165) is 83.5 Å². The van der Waals surface area contributed by atoms with E-state index in [4.69, 9.17) is 29.1 Å². The predicted molar refractivity (Wildman–Crippen MR) is 228 cm³/mol. The molecule has 11 aromatic rings. The van der Waals surface area contributed by atoms with Crippen LogP contribution in [0.2, 0.25) is 0 Å². The molecule has 57 heavy (non-hydrogen) atoms. The minimum atomic E-state index is -0.0214. The van der Waals surface area contributed by atoms with Gasteiger partial charge < -0.3 is 9.15 Å². The van der Waals surface area contributed by atoms with Crippen LogP contribution in [0, 0.1) is 0 Å². The van der Waals surface area contributed by atoms with Crippen LogP contribution in [0.25, 0.3) is 83.5 Å². The van der Waals surface area contributed by atoms with Crippen molar-refractivity contribution in [3.63, 3.8) is 0 Å². The summed E-state index contributed by atoms with van der Waals surface area (Å²) < 4.78 is 19.9. The largest absolute Gasteiger partial charge is 0.457 e. The first kappa shape index (κ1) is 33.3. The molecule has 9 nitrogen and oxygen atoms in total. The van der Waals surface area contributed by atoms with Gasteiger partial charge in [-0.3, -0.25) is 18.4 Å². The molecule has 0 N–H and O–H groups in total. The molecule has 0 aliphatic rings. The Morgan fingerprint density at radius 3 is 2.19 bits per heavy atom. The second kappa shape index (κ2) is 11.8. The van der Waals surface area contributed by atoms with Gasteiger partial charge in [0, 0.05) is 41.7 Å². The van der Waals surface area contributed by atoms with Gasteiger partial charge in [-0.05, 0) is 88.7 Å². The van der Waals surface area contributed by atoms with Crippen molar-refractivity contribution >= 4 is 66.5 Å². The number of pyridine rings is 3. The number of para-hydroxylation sites is 2. The first-order valence-electron chi connectivity index (χ1n) is 19.3. The summed E-state index contributed by atoms with van der Waals surface area (Å²) in [5.41, 5.74) is 12.3. The third-order valence-corrected chi connectivity index (χ3v) is 11.1. The van der Waals surface area contributed by atoms with Crippen molar-refractivity contribution in [2.45, 2.75) is 52.4 Å². The molecule has 0 saturated carbocycles. The zero-order chi connectivity index (χ0) is 38.8. The third kappa shape index (κ3) is 5.15. The molecule has 0 bridgehead atoms. The molecule has 0 aliphatic carbocycles. The van der Waals surface area contributed by atoms with Gasteiger partial charge in [-0.15, -0.1) is 0 Å². The SMILES string of the molecule is CC(C)(C)c1ccc(-n2c3cc(Oc4cc(-c5ccccn5)c5c(c4)oc4ccn6c7cc(C(C)(C)C)ccc7nc6c45)ccc3n3c4ccccc4nc23)nc1. The molecule has 0 amide bonds. The molecule has 7 heterocycles. The van der Waals surface area contributed by atoms with Crippen LogP contribution in [-0.2, 0) is 10.8 Å². The number of nitrogens with zero attached hydrogens (tertiary/aromatic N) is 7. The molecule has 7 aromatic heterocycles. The zero-order valence-corrected chi connectivity index (χ0v) is 32.6. The van der Waals surface area contributed by atoms with Crippen molar-refractivity contribution in [3.05, 3.63) is 139 Å². The Hall–Kier alpha value is -7.00. The van der Waals surface area contributed by atoms with Gasteiger partial charge in [0.25, 0.3) is 0 Å². The molecule has 278 valence electrons. The maximum Gasteiger partial charge on any atom is 0.221 e. The van der Waals surface area contributed by atoms with E-state index >= 15 is 0 Å². The Morgan fingerprint density at radius 1 is 0.596 bits per heavy atom. The molecule has 0 atom stereocenters. The van der Waals surface area contributed by atoms with E-state index in [1.54, 1.807) is 0 Å². The molecule has 9 heteroatoms. The minimum Gasteiger partial charge on any atom is -0.457 e. The standard InChI is InChI=1S/C48H39N7O2/c1-47(2,3)28-14-17-35-38(23-28)53-22-20-40-44(45(53)51-35)43-32(33-11-9-10-21-49-33)24-31(26-41(43)57-40)56-30-16-18-37-39(25-30)55(42-19-15-29(27-50-42)48(4,5)6)46-52-34-12-7-8-13-36(34)54(37)46/h7-27H,1-6H3. The van der Waals surface area contributed by atoms with Gasteiger partial charge in [-0.1, -0.05) is 71.9 Å². The summed E-state index contributed by atoms with van der Waals surface area (Å²) in [5.74, 6) is 2.86. The average molecular weight is 746 g/mol. The monoisotopic (exact) mass is 745 g/mol. The average Bonchev–Trinajstić information content (AvgIpc) is 3.95. The van der Waals surface area contributed by atoms with Gasteiger partial charge in [0.15, 0.2) is 0 Å². The summed E-state index contributed by atoms with van der Waals surface area (Å²) in [7, 11) is 0. The van der Waals surface area contributed by atoms with Gasteiger partial charge in [0.05, 0.1) is 44.2 Å². The van der Waals surface area contributed by atoms with Crippen LogP contribution >= 0.6 is 0 Å². The van der Waals surface area contributed by atoms with Gasteiger partial charge in [-0.25, -0.2) is 15.0 Å². The number of rotatable bonds is 4. The summed E-state index contributed by atoms with van der Waals surface area (Å²) in [5, 5.41) is 1.88. The lowest BCUT2D eigenvalue weighted by molar-refractivity contribution is 0.483. The van der Waals surface area contributed by atoms with E-state index in [9.17, 15) is 0 Å². The van der Waals surface area contributed by atoms with E-state index in [0.29, 0.717) is 17.1 Å². The van der Waals surface area contributed by atoms with Gasteiger partial charge >= 0.3 is 0 Å². The summed E-state index contributed by atoms with van der Waals surface area (Å²) in [6.07, 6.45) is 5.83. The molecule has 0 radical (unpaired) electrons. The number of hydrogen-bond donors (Lipinski definition) is 0. The Kier molecular flexibility index (Phi) is 6.88. The van der Waals surface area contributed by atoms with Crippen molar-refractivity contribution < 1.29 is 9.15 Å². The second-order valence-corrected chi connectivity index (χ2v) is 17.0. The molecule has 0 fully saturated rings. The van der Waals surface area contributed by atoms with Crippen LogP contribution in [0.1, 0.15) is 52.7 Å². The maximum absolute atomic E-state index is 6.78. The Labute approximate surface area is 327 Å². The summed E-state index contributed by atoms with van der Waals surface area (Å²) in [6, 6.07) is 37.1. The molecule has 11 rings (SSSR count). The van der Waals surface area contributed by atoms with Crippen molar-refractivity contribution in [2.24, 2.45) is 0 Å². The lowest BCUT2D eigenvalue weighted by Gasteiger charge is -2.18. The van der Waals surface area contributed by atoms with Crippen molar-refractivity contribution in [1.82, 2.24) is 33.3 Å². The van der Waals surface area contributed by atoms with Crippen molar-refractivity contribution in [3.8, 4) is 28.6 Å². The summed E-state index contributed by atoms with van der Waals surface area (Å²) >= 11 is 0. The first-order chi connectivity index (χ1) is 27.5. The Balaban J connectivity index is 1.09. The maximum atomic E-state index is 6.78. The highest BCUT2D eigenvalue weighted by Crippen LogP contribution is 2.43. The lowest BCUT2D eigenvalue weighted by Crippen LogP contribution is -2.12. The number of aromatic nitrogens is 7. The van der Waals surface area contributed by atoms with Crippen LogP contribution in [0.4, 0.5) is 0 Å². The van der Waals surface area contributed by atoms with E-state index in [1.165, 1.54) is 5.56 Å². The van der Waals surface area contributed by atoms with E-state index in [1.807, 2.05) is 67.0 Å². The quantitative estimate of drug-likeness (QED) is 0.178. The van der Waals surface area contributed by atoms with Crippen LogP contribution in [0.15, 0.2) is 132 Å². The predicted octanol–water partition coefficient (Wildman–Crippen LogP) is 12.0. The molecule has 0 aliphatic heterocycles. The van der Waals surface area contributed by atoms with Gasteiger partial charge in [-0.2, -0.15) is 0 Å². The first-order valence-corrected chi connectivity index (χ1v) is 19.3. The molecule has 4 aromatic carbocycles. The Morgan fingerprint density at radius 2 is 1.40 bits per heavy atom. The fourth-order valence-electron chi connectivity index (χ4n) is 8.14. The normalized spacial score (nSPS) is 12.7. The number of benzene rings is 4. The van der Waals surface area contributed by atoms with Crippen LogP contribution in [0.3, 0.4) is 0 Å². The highest BCUT2D eigenvalue weighted by atomic mass is 16.5. The molecular weight excluding hydrogens is 707 g/mol. The highest BCUT2D eigenvalue weighted by molar-refractivity contribution is 6.18. The number of ether oxygens (including phenoxy) is 1. The van der Waals surface area contributed by atoms with E-state index < -0.39 is 0 Å². The molecule has 0 unspecified atom stereocenters. The smallest absolute Gasteiger partial charge is 0.221 e. The van der Waals surface area contributed by atoms with Crippen molar-refractivity contribution in [2.75, 3.05) is 0 Å². The number of fused-ring (bicyclic) bond motifs is 12. The molecular formula is C48H39N7O2. The van der Waals surface area contributed by atoms with Gasteiger partial charge in [0.1, 0.15) is 34.1 Å². The van der Waals surface area contributed by atoms with Gasteiger partial charge in [0.2, 0.25) is 5.78 Å². The number of furan rings is 1. The topological polar surface area (TPSA) is 87.7 Å². The van der Waals surface area contributed by atoms with Crippen LogP contribution in [-0.4, -0.2) is 33.3 Å². The fourth-order valence-corrected chi connectivity index (χ4v) is 8.14. The van der Waals surface area contributed by atoms with Crippen LogP contribution < -0.4 is 4.74 Å². The van der Waals surface area contributed by atoms with E-state index in [-0.39, 0.29) is 10.8 Å². The summed E-state index contributed by atoms with van der Waals surface area (Å²) in [6.45, 7) is 13.3. The second-order valence-electron chi connectivity index (χ2n) is 17.0. The minimum absolute atomic E-state index is 0.00915. The van der Waals surface area contributed by atoms with E-state index in [2.05, 4.69) is 116 Å². The number of imidazole rings is 3. The van der Waals surface area contributed by atoms with Crippen LogP contribution in [0.5, 0.6) is 11.5 Å². The molecule has 0 spiro atoms. The zero-order valence-electron chi connectivity index (χ0n) is 32.6. The third-order valence-electron chi connectivity index (χ3n) is 11.1. The fraction of sp³-hybridized carbons (Fsp3) is 0.167. The summed E-state index contributed by atoms with van der Waals surface area (Å²) in [4.78, 5) is 20.0.